The standard InChI is InChI=1S/C12H6Cl3N3/c13-9-2-1-7-8(6-4-16-17-5-6)3-10(14)18-12(7)11(9)15/h1-5H,(H,16,17). The molecule has 0 aliphatic heterocycles. The number of benzene rings is 1. The lowest BCUT2D eigenvalue weighted by Crippen LogP contribution is -1.86. The molecule has 90 valence electrons. The SMILES string of the molecule is Clc1cc(-c2cn[nH]c2)c2ccc(Cl)c(Cl)c2n1. The number of nitrogens with one attached hydrogen (secondary N) is 1. The van der Waals surface area contributed by atoms with E-state index >= 15 is 0 Å². The molecule has 0 bridgehead atoms. The molecule has 0 saturated carbocycles. The molecule has 0 unspecified atom stereocenters. The number of aromatic nitrogens is 3. The molecule has 0 atom stereocenters. The van der Waals surface area contributed by atoms with Crippen LogP contribution in [0.4, 0.5) is 0 Å². The molecule has 0 fully saturated rings. The van der Waals surface area contributed by atoms with Crippen LogP contribution in [0, 0.1) is 0 Å². The van der Waals surface area contributed by atoms with Crippen LogP contribution in [-0.4, -0.2) is 15.2 Å². The summed E-state index contributed by atoms with van der Waals surface area (Å²) in [6.45, 7) is 0. The molecule has 2 heterocycles. The molecule has 1 aromatic carbocycles. The van der Waals surface area contributed by atoms with Crippen molar-refractivity contribution in [1.29, 1.82) is 0 Å². The van der Waals surface area contributed by atoms with Crippen LogP contribution in [-0.2, 0) is 0 Å². The summed E-state index contributed by atoms with van der Waals surface area (Å²) in [5.41, 5.74) is 2.42. The molecular formula is C12H6Cl3N3. The second-order valence-corrected chi connectivity index (χ2v) is 4.91. The fraction of sp³-hybridized carbons (Fsp3) is 0. The monoisotopic (exact) mass is 297 g/mol. The Labute approximate surface area is 118 Å². The molecule has 1 N–H and O–H groups in total. The molecule has 0 aliphatic carbocycles. The summed E-state index contributed by atoms with van der Waals surface area (Å²) in [6.07, 6.45) is 3.50. The Bertz CT molecular complexity index is 723. The first-order valence-corrected chi connectivity index (χ1v) is 6.23. The van der Waals surface area contributed by atoms with Crippen LogP contribution in [0.2, 0.25) is 15.2 Å². The van der Waals surface area contributed by atoms with Crippen LogP contribution in [0.15, 0.2) is 30.6 Å². The van der Waals surface area contributed by atoms with Gasteiger partial charge in [0.1, 0.15) is 5.15 Å². The zero-order chi connectivity index (χ0) is 12.7. The van der Waals surface area contributed by atoms with Crippen molar-refractivity contribution < 1.29 is 0 Å². The molecule has 3 rings (SSSR count). The van der Waals surface area contributed by atoms with Gasteiger partial charge in [0.2, 0.25) is 0 Å². The van der Waals surface area contributed by atoms with Crippen molar-refractivity contribution in [2.24, 2.45) is 0 Å². The zero-order valence-corrected chi connectivity index (χ0v) is 11.2. The van der Waals surface area contributed by atoms with E-state index in [-0.39, 0.29) is 0 Å². The highest BCUT2D eigenvalue weighted by molar-refractivity contribution is 6.45. The molecule has 3 nitrogen and oxygen atoms in total. The van der Waals surface area contributed by atoms with Crippen molar-refractivity contribution >= 4 is 45.7 Å². The molecule has 0 aliphatic rings. The Balaban J connectivity index is 2.43. The van der Waals surface area contributed by atoms with Gasteiger partial charge in [0.15, 0.2) is 0 Å². The first-order valence-electron chi connectivity index (χ1n) is 5.10. The second kappa shape index (κ2) is 4.43. The van der Waals surface area contributed by atoms with Crippen LogP contribution >= 0.6 is 34.8 Å². The molecule has 0 spiro atoms. The van der Waals surface area contributed by atoms with E-state index in [2.05, 4.69) is 15.2 Å². The number of hydrogen-bond donors (Lipinski definition) is 1. The van der Waals surface area contributed by atoms with Gasteiger partial charge in [0.25, 0.3) is 0 Å². The third-order valence-corrected chi connectivity index (χ3v) is 3.64. The van der Waals surface area contributed by atoms with Gasteiger partial charge in [-0.3, -0.25) is 5.10 Å². The largest absolute Gasteiger partial charge is 0.285 e. The highest BCUT2D eigenvalue weighted by Gasteiger charge is 2.12. The first-order chi connectivity index (χ1) is 8.66. The predicted molar refractivity (Wildman–Crippen MR) is 74.4 cm³/mol. The minimum absolute atomic E-state index is 0.364. The maximum absolute atomic E-state index is 6.15. The lowest BCUT2D eigenvalue weighted by molar-refractivity contribution is 1.09. The number of aromatic amines is 1. The number of fused-ring (bicyclic) bond motifs is 1. The van der Waals surface area contributed by atoms with Gasteiger partial charge in [-0.15, -0.1) is 0 Å². The maximum atomic E-state index is 6.15. The average Bonchev–Trinajstić information content (AvgIpc) is 2.87. The van der Waals surface area contributed by atoms with Crippen LogP contribution in [0.3, 0.4) is 0 Å². The second-order valence-electron chi connectivity index (χ2n) is 3.74. The molecule has 18 heavy (non-hydrogen) atoms. The fourth-order valence-corrected chi connectivity index (χ4v) is 2.39. The van der Waals surface area contributed by atoms with E-state index in [1.54, 1.807) is 24.5 Å². The van der Waals surface area contributed by atoms with Crippen molar-refractivity contribution in [2.45, 2.75) is 0 Å². The Morgan fingerprint density at radius 3 is 2.67 bits per heavy atom. The van der Waals surface area contributed by atoms with Crippen molar-refractivity contribution in [3.63, 3.8) is 0 Å². The summed E-state index contributed by atoms with van der Waals surface area (Å²) >= 11 is 18.2. The smallest absolute Gasteiger partial charge is 0.130 e. The van der Waals surface area contributed by atoms with E-state index in [1.165, 1.54) is 0 Å². The summed E-state index contributed by atoms with van der Waals surface area (Å²) < 4.78 is 0. The summed E-state index contributed by atoms with van der Waals surface area (Å²) in [5.74, 6) is 0. The molecule has 0 amide bonds. The Kier molecular flexibility index (Phi) is 2.90. The molecule has 0 saturated heterocycles. The average molecular weight is 299 g/mol. The van der Waals surface area contributed by atoms with E-state index in [9.17, 15) is 0 Å². The van der Waals surface area contributed by atoms with E-state index in [0.717, 1.165) is 16.5 Å². The third-order valence-electron chi connectivity index (χ3n) is 2.65. The molecular weight excluding hydrogens is 293 g/mol. The molecule has 6 heteroatoms. The third kappa shape index (κ3) is 1.85. The number of halogens is 3. The minimum Gasteiger partial charge on any atom is -0.285 e. The van der Waals surface area contributed by atoms with Gasteiger partial charge in [0.05, 0.1) is 21.8 Å². The number of hydrogen-bond acceptors (Lipinski definition) is 2. The highest BCUT2D eigenvalue weighted by Crippen LogP contribution is 2.36. The fourth-order valence-electron chi connectivity index (χ4n) is 1.84. The van der Waals surface area contributed by atoms with Crippen LogP contribution in [0.1, 0.15) is 0 Å². The quantitative estimate of drug-likeness (QED) is 0.668. The normalized spacial score (nSPS) is 11.1. The summed E-state index contributed by atoms with van der Waals surface area (Å²) in [7, 11) is 0. The predicted octanol–water partition coefficient (Wildman–Crippen LogP) is 4.59. The Hall–Kier alpha value is -1.29. The van der Waals surface area contributed by atoms with Crippen molar-refractivity contribution in [3.8, 4) is 11.1 Å². The number of H-pyrrole nitrogens is 1. The summed E-state index contributed by atoms with van der Waals surface area (Å²) in [5, 5.41) is 8.80. The van der Waals surface area contributed by atoms with Crippen LogP contribution in [0.25, 0.3) is 22.0 Å². The van der Waals surface area contributed by atoms with Crippen LogP contribution < -0.4 is 0 Å². The number of rotatable bonds is 1. The topological polar surface area (TPSA) is 41.6 Å². The lowest BCUT2D eigenvalue weighted by Gasteiger charge is -2.07. The number of nitrogens with zero attached hydrogens (tertiary/aromatic N) is 2. The van der Waals surface area contributed by atoms with Crippen molar-refractivity contribution in [3.05, 3.63) is 45.8 Å². The molecule has 0 radical (unpaired) electrons. The Morgan fingerprint density at radius 2 is 1.94 bits per heavy atom. The van der Waals surface area contributed by atoms with E-state index < -0.39 is 0 Å². The van der Waals surface area contributed by atoms with Gasteiger partial charge in [-0.1, -0.05) is 40.9 Å². The molecule has 3 aromatic rings. The van der Waals surface area contributed by atoms with Gasteiger partial charge in [-0.2, -0.15) is 5.10 Å². The Morgan fingerprint density at radius 1 is 1.11 bits per heavy atom. The zero-order valence-electron chi connectivity index (χ0n) is 8.92. The van der Waals surface area contributed by atoms with Gasteiger partial charge in [-0.05, 0) is 17.7 Å². The lowest BCUT2D eigenvalue weighted by atomic mass is 10.0. The van der Waals surface area contributed by atoms with Gasteiger partial charge < -0.3 is 0 Å². The first kappa shape index (κ1) is 11.8. The minimum atomic E-state index is 0.364. The van der Waals surface area contributed by atoms with E-state index in [0.29, 0.717) is 20.7 Å². The number of pyridine rings is 1. The summed E-state index contributed by atoms with van der Waals surface area (Å²) in [6, 6.07) is 5.39. The van der Waals surface area contributed by atoms with Gasteiger partial charge in [0, 0.05) is 17.1 Å². The van der Waals surface area contributed by atoms with E-state index in [1.807, 2.05) is 6.07 Å². The van der Waals surface area contributed by atoms with Crippen molar-refractivity contribution in [2.75, 3.05) is 0 Å². The van der Waals surface area contributed by atoms with Gasteiger partial charge in [-0.25, -0.2) is 4.98 Å². The summed E-state index contributed by atoms with van der Waals surface area (Å²) in [4.78, 5) is 4.22. The van der Waals surface area contributed by atoms with E-state index in [4.69, 9.17) is 34.8 Å². The molecule has 2 aromatic heterocycles. The maximum Gasteiger partial charge on any atom is 0.130 e. The van der Waals surface area contributed by atoms with Crippen molar-refractivity contribution in [1.82, 2.24) is 15.2 Å². The van der Waals surface area contributed by atoms with Crippen LogP contribution in [0.5, 0.6) is 0 Å². The highest BCUT2D eigenvalue weighted by atomic mass is 35.5. The van der Waals surface area contributed by atoms with Gasteiger partial charge >= 0.3 is 0 Å².